The molecule has 0 aromatic carbocycles. The summed E-state index contributed by atoms with van der Waals surface area (Å²) < 4.78 is 0. The van der Waals surface area contributed by atoms with E-state index in [1.165, 1.54) is 0 Å². The van der Waals surface area contributed by atoms with Crippen molar-refractivity contribution in [2.45, 2.75) is 36.9 Å². The zero-order chi connectivity index (χ0) is 25.8. The van der Waals surface area contributed by atoms with E-state index in [4.69, 9.17) is 46.0 Å². The summed E-state index contributed by atoms with van der Waals surface area (Å²) in [7, 11) is 0. The van der Waals surface area contributed by atoms with Crippen molar-refractivity contribution < 1.29 is 65.1 Å². The van der Waals surface area contributed by atoms with Gasteiger partial charge in [-0.2, -0.15) is 0 Å². The van der Waals surface area contributed by atoms with Crippen LogP contribution in [0.1, 0.15) is 19.3 Å². The van der Waals surface area contributed by atoms with E-state index in [9.17, 15) is 19.2 Å². The molecule has 1 unspecified atom stereocenters. The Balaban J connectivity index is -0.000000157. The summed E-state index contributed by atoms with van der Waals surface area (Å²) in [5.74, 6) is -9.32. The molecule has 0 radical (unpaired) electrons. The van der Waals surface area contributed by atoms with Gasteiger partial charge in [-0.25, -0.2) is 19.2 Å². The van der Waals surface area contributed by atoms with Gasteiger partial charge in [-0.3, -0.25) is 0 Å². The second kappa shape index (κ2) is 18.7. The molecule has 0 spiro atoms. The molecule has 0 aromatic heterocycles. The monoisotopic (exact) mass is 452 g/mol. The first-order valence-electron chi connectivity index (χ1n) is 7.95. The average Bonchev–Trinajstić information content (AvgIpc) is 2.68. The molecular formula is C18H28O13. The lowest BCUT2D eigenvalue weighted by molar-refractivity contribution is -0.397. The molecule has 178 valence electrons. The second-order valence-corrected chi connectivity index (χ2v) is 5.12. The lowest BCUT2D eigenvalue weighted by Crippen LogP contribution is -2.63. The van der Waals surface area contributed by atoms with Crippen LogP contribution < -0.4 is 0 Å². The Morgan fingerprint density at radius 3 is 1.03 bits per heavy atom. The van der Waals surface area contributed by atoms with Gasteiger partial charge in [0.15, 0.2) is 0 Å². The van der Waals surface area contributed by atoms with Crippen LogP contribution in [0.5, 0.6) is 0 Å². The SMILES string of the molecule is C=CC(=O)O.C=CC(=O)O.C=CC(=O)O.C=CC(=O)O.OC1CCCC(O)(O)C1(O)O. The third-order valence-corrected chi connectivity index (χ3v) is 2.76. The number of rotatable bonds is 4. The Hall–Kier alpha value is -3.36. The van der Waals surface area contributed by atoms with Gasteiger partial charge in [0.1, 0.15) is 6.10 Å². The smallest absolute Gasteiger partial charge is 0.327 e. The maximum atomic E-state index is 9.25. The van der Waals surface area contributed by atoms with E-state index >= 15 is 0 Å². The maximum Gasteiger partial charge on any atom is 0.327 e. The summed E-state index contributed by atoms with van der Waals surface area (Å²) >= 11 is 0. The second-order valence-electron chi connectivity index (χ2n) is 5.12. The van der Waals surface area contributed by atoms with Gasteiger partial charge in [0.05, 0.1) is 0 Å². The normalized spacial score (nSPS) is 16.6. The van der Waals surface area contributed by atoms with Crippen LogP contribution in [-0.4, -0.2) is 87.5 Å². The van der Waals surface area contributed by atoms with Crippen LogP contribution in [-0.2, 0) is 19.2 Å². The minimum atomic E-state index is -2.80. The van der Waals surface area contributed by atoms with E-state index in [-0.39, 0.29) is 12.8 Å². The van der Waals surface area contributed by atoms with Crippen molar-refractivity contribution in [1.29, 1.82) is 0 Å². The van der Waals surface area contributed by atoms with Crippen molar-refractivity contribution in [2.75, 3.05) is 0 Å². The van der Waals surface area contributed by atoms with Gasteiger partial charge < -0.3 is 46.0 Å². The molecule has 1 aliphatic rings. The van der Waals surface area contributed by atoms with Crippen molar-refractivity contribution in [2.24, 2.45) is 0 Å². The fraction of sp³-hybridized carbons (Fsp3) is 0.333. The number of aliphatic carboxylic acids is 4. The van der Waals surface area contributed by atoms with Crippen LogP contribution in [0, 0.1) is 0 Å². The van der Waals surface area contributed by atoms with Crippen LogP contribution in [0.15, 0.2) is 50.6 Å². The molecule has 31 heavy (non-hydrogen) atoms. The van der Waals surface area contributed by atoms with Crippen LogP contribution in [0.3, 0.4) is 0 Å². The van der Waals surface area contributed by atoms with E-state index < -0.39 is 41.6 Å². The highest BCUT2D eigenvalue weighted by Crippen LogP contribution is 2.33. The van der Waals surface area contributed by atoms with Gasteiger partial charge >= 0.3 is 23.9 Å². The maximum absolute atomic E-state index is 9.25. The van der Waals surface area contributed by atoms with Gasteiger partial charge in [-0.15, -0.1) is 0 Å². The van der Waals surface area contributed by atoms with E-state index in [1.54, 1.807) is 0 Å². The topological polar surface area (TPSA) is 250 Å². The van der Waals surface area contributed by atoms with Gasteiger partial charge in [0, 0.05) is 30.7 Å². The van der Waals surface area contributed by atoms with Crippen LogP contribution in [0.25, 0.3) is 0 Å². The fourth-order valence-electron chi connectivity index (χ4n) is 1.19. The number of carboxylic acids is 4. The number of aliphatic hydroxyl groups excluding tert-OH is 1. The van der Waals surface area contributed by atoms with E-state index in [0.717, 1.165) is 24.3 Å². The van der Waals surface area contributed by atoms with Crippen molar-refractivity contribution >= 4 is 23.9 Å². The molecule has 0 bridgehead atoms. The van der Waals surface area contributed by atoms with E-state index in [1.807, 2.05) is 0 Å². The molecule has 0 aliphatic heterocycles. The Morgan fingerprint density at radius 2 is 0.903 bits per heavy atom. The molecule has 13 heteroatoms. The molecule has 1 atom stereocenters. The lowest BCUT2D eigenvalue weighted by Gasteiger charge is -2.41. The number of hydrogen-bond acceptors (Lipinski definition) is 9. The van der Waals surface area contributed by atoms with Crippen molar-refractivity contribution in [3.05, 3.63) is 50.6 Å². The predicted molar refractivity (Wildman–Crippen MR) is 106 cm³/mol. The highest BCUT2D eigenvalue weighted by Gasteiger charge is 2.54. The predicted octanol–water partition coefficient (Wildman–Crippen LogP) is -1.08. The molecule has 0 aromatic rings. The number of aliphatic hydroxyl groups is 5. The quantitative estimate of drug-likeness (QED) is 0.182. The Kier molecular flexibility index (Phi) is 21.1. The average molecular weight is 452 g/mol. The lowest BCUT2D eigenvalue weighted by atomic mass is 9.86. The molecule has 1 saturated carbocycles. The summed E-state index contributed by atoms with van der Waals surface area (Å²) in [6.45, 7) is 11.8. The Morgan fingerprint density at radius 1 is 0.677 bits per heavy atom. The third kappa shape index (κ3) is 22.8. The molecule has 0 amide bonds. The first-order chi connectivity index (χ1) is 14.0. The highest BCUT2D eigenvalue weighted by molar-refractivity contribution is 5.79. The van der Waals surface area contributed by atoms with Crippen LogP contribution in [0.2, 0.25) is 0 Å². The summed E-state index contributed by atoms with van der Waals surface area (Å²) in [5, 5.41) is 75.3. The van der Waals surface area contributed by atoms with E-state index in [0.29, 0.717) is 6.42 Å². The molecule has 9 N–H and O–H groups in total. The van der Waals surface area contributed by atoms with Gasteiger partial charge in [-0.05, 0) is 12.8 Å². The van der Waals surface area contributed by atoms with Crippen LogP contribution in [0.4, 0.5) is 0 Å². The molecule has 0 saturated heterocycles. The molecule has 13 nitrogen and oxygen atoms in total. The standard InChI is InChI=1S/C6H12O5.4C3H4O2/c7-4-2-1-3-5(8,9)6(4,10)11;4*1-2-3(4)5/h4,7-11H,1-3H2;4*2H,1H2,(H,4,5). The van der Waals surface area contributed by atoms with E-state index in [2.05, 4.69) is 26.3 Å². The largest absolute Gasteiger partial charge is 0.478 e. The zero-order valence-electron chi connectivity index (χ0n) is 16.5. The first kappa shape index (κ1) is 35.1. The molecule has 1 fully saturated rings. The zero-order valence-corrected chi connectivity index (χ0v) is 16.5. The number of carboxylic acid groups (broad SMARTS) is 4. The van der Waals surface area contributed by atoms with Crippen LogP contribution >= 0.6 is 0 Å². The molecule has 1 aliphatic carbocycles. The third-order valence-electron chi connectivity index (χ3n) is 2.76. The van der Waals surface area contributed by atoms with Gasteiger partial charge in [0.25, 0.3) is 0 Å². The van der Waals surface area contributed by atoms with Crippen molar-refractivity contribution in [3.8, 4) is 0 Å². The Bertz CT molecular complexity index is 548. The fourth-order valence-corrected chi connectivity index (χ4v) is 1.19. The summed E-state index contributed by atoms with van der Waals surface area (Å²) in [6.07, 6.45) is 2.22. The minimum Gasteiger partial charge on any atom is -0.478 e. The number of carbonyl (C=O) groups is 4. The summed E-state index contributed by atoms with van der Waals surface area (Å²) in [5.41, 5.74) is 0. The summed E-state index contributed by atoms with van der Waals surface area (Å²) in [4.78, 5) is 37.0. The van der Waals surface area contributed by atoms with Crippen molar-refractivity contribution in [3.63, 3.8) is 0 Å². The minimum absolute atomic E-state index is 0.142. The molecule has 1 rings (SSSR count). The van der Waals surface area contributed by atoms with Gasteiger partial charge in [-0.1, -0.05) is 26.3 Å². The van der Waals surface area contributed by atoms with Crippen molar-refractivity contribution in [1.82, 2.24) is 0 Å². The molecule has 0 heterocycles. The Labute approximate surface area is 177 Å². The molecular weight excluding hydrogens is 424 g/mol. The number of hydrogen-bond donors (Lipinski definition) is 9. The highest BCUT2D eigenvalue weighted by atomic mass is 16.6. The van der Waals surface area contributed by atoms with Gasteiger partial charge in [0.2, 0.25) is 11.6 Å². The first-order valence-corrected chi connectivity index (χ1v) is 7.95. The summed E-state index contributed by atoms with van der Waals surface area (Å²) in [6, 6.07) is 0.